The van der Waals surface area contributed by atoms with E-state index >= 15 is 0 Å². The highest BCUT2D eigenvalue weighted by Crippen LogP contribution is 2.17. The first-order valence-corrected chi connectivity index (χ1v) is 6.77. The van der Waals surface area contributed by atoms with Gasteiger partial charge in [-0.05, 0) is 39.8 Å². The van der Waals surface area contributed by atoms with Crippen molar-refractivity contribution < 1.29 is 9.21 Å². The van der Waals surface area contributed by atoms with Crippen LogP contribution in [0.2, 0.25) is 0 Å². The van der Waals surface area contributed by atoms with Crippen LogP contribution in [0.1, 0.15) is 48.6 Å². The zero-order valence-corrected chi connectivity index (χ0v) is 11.6. The van der Waals surface area contributed by atoms with Gasteiger partial charge in [-0.1, -0.05) is 0 Å². The summed E-state index contributed by atoms with van der Waals surface area (Å²) >= 11 is 0. The molecule has 1 fully saturated rings. The molecule has 0 aromatic carbocycles. The van der Waals surface area contributed by atoms with Gasteiger partial charge in [0.15, 0.2) is 5.69 Å². The van der Waals surface area contributed by atoms with E-state index < -0.39 is 0 Å². The van der Waals surface area contributed by atoms with E-state index in [4.69, 9.17) is 10.2 Å². The Bertz CT molecular complexity index is 430. The smallest absolute Gasteiger partial charge is 0.273 e. The molecule has 2 heterocycles. The van der Waals surface area contributed by atoms with Gasteiger partial charge in [-0.3, -0.25) is 4.79 Å². The highest BCUT2D eigenvalue weighted by molar-refractivity contribution is 5.91. The molecule has 19 heavy (non-hydrogen) atoms. The standard InChI is InChI=1S/C13H22N4O2/c1-9(14)13-16-11(8-19-13)12(18)15-6-5-10-4-3-7-17(10)2/h8-10H,3-7,14H2,1-2H3,(H,15,18). The van der Waals surface area contributed by atoms with Crippen molar-refractivity contribution in [2.24, 2.45) is 5.73 Å². The Kier molecular flexibility index (Phi) is 4.55. The first kappa shape index (κ1) is 14.0. The number of aromatic nitrogens is 1. The van der Waals surface area contributed by atoms with Gasteiger partial charge in [-0.25, -0.2) is 4.98 Å². The number of nitrogens with two attached hydrogens (primary N) is 1. The maximum atomic E-state index is 11.8. The fourth-order valence-corrected chi connectivity index (χ4v) is 2.39. The molecular weight excluding hydrogens is 244 g/mol. The van der Waals surface area contributed by atoms with Crippen molar-refractivity contribution in [1.82, 2.24) is 15.2 Å². The molecule has 1 aliphatic heterocycles. The number of hydrogen-bond acceptors (Lipinski definition) is 5. The van der Waals surface area contributed by atoms with E-state index in [9.17, 15) is 4.79 Å². The van der Waals surface area contributed by atoms with Crippen molar-refractivity contribution in [3.8, 4) is 0 Å². The summed E-state index contributed by atoms with van der Waals surface area (Å²) in [4.78, 5) is 18.3. The molecule has 6 nitrogen and oxygen atoms in total. The molecule has 0 radical (unpaired) electrons. The van der Waals surface area contributed by atoms with Crippen LogP contribution in [0.3, 0.4) is 0 Å². The number of amides is 1. The van der Waals surface area contributed by atoms with Gasteiger partial charge in [0.1, 0.15) is 6.26 Å². The van der Waals surface area contributed by atoms with Gasteiger partial charge in [-0.15, -0.1) is 0 Å². The second kappa shape index (κ2) is 6.16. The monoisotopic (exact) mass is 266 g/mol. The molecule has 2 unspecified atom stereocenters. The van der Waals surface area contributed by atoms with Crippen LogP contribution in [0.25, 0.3) is 0 Å². The number of hydrogen-bond donors (Lipinski definition) is 2. The molecule has 1 saturated heterocycles. The van der Waals surface area contributed by atoms with E-state index in [0.29, 0.717) is 24.2 Å². The second-order valence-electron chi connectivity index (χ2n) is 5.18. The Morgan fingerprint density at radius 1 is 1.74 bits per heavy atom. The molecular formula is C13H22N4O2. The van der Waals surface area contributed by atoms with Crippen molar-refractivity contribution in [1.29, 1.82) is 0 Å². The molecule has 1 aromatic rings. The fraction of sp³-hybridized carbons (Fsp3) is 0.692. The molecule has 2 rings (SSSR count). The number of nitrogens with zero attached hydrogens (tertiary/aromatic N) is 2. The Labute approximate surface area is 113 Å². The lowest BCUT2D eigenvalue weighted by Crippen LogP contribution is -2.31. The average molecular weight is 266 g/mol. The maximum absolute atomic E-state index is 11.8. The molecule has 2 atom stereocenters. The lowest BCUT2D eigenvalue weighted by molar-refractivity contribution is 0.0945. The first-order valence-electron chi connectivity index (χ1n) is 6.77. The minimum Gasteiger partial charge on any atom is -0.446 e. The minimum atomic E-state index is -0.298. The van der Waals surface area contributed by atoms with Crippen molar-refractivity contribution in [3.63, 3.8) is 0 Å². The van der Waals surface area contributed by atoms with Crippen molar-refractivity contribution >= 4 is 5.91 Å². The average Bonchev–Trinajstić information content (AvgIpc) is 2.98. The number of rotatable bonds is 5. The van der Waals surface area contributed by atoms with Crippen molar-refractivity contribution in [2.45, 2.75) is 38.3 Å². The van der Waals surface area contributed by atoms with Gasteiger partial charge in [0.25, 0.3) is 5.91 Å². The molecule has 0 bridgehead atoms. The highest BCUT2D eigenvalue weighted by atomic mass is 16.3. The summed E-state index contributed by atoms with van der Waals surface area (Å²) in [6.45, 7) is 3.58. The molecule has 1 aromatic heterocycles. The number of likely N-dealkylation sites (tertiary alicyclic amines) is 1. The molecule has 0 spiro atoms. The zero-order chi connectivity index (χ0) is 13.8. The lowest BCUT2D eigenvalue weighted by Gasteiger charge is -2.18. The van der Waals surface area contributed by atoms with Gasteiger partial charge in [-0.2, -0.15) is 0 Å². The molecule has 6 heteroatoms. The Morgan fingerprint density at radius 2 is 2.53 bits per heavy atom. The van der Waals surface area contributed by atoms with Crippen LogP contribution in [0.5, 0.6) is 0 Å². The number of oxazole rings is 1. The molecule has 106 valence electrons. The van der Waals surface area contributed by atoms with E-state index in [1.807, 2.05) is 0 Å². The highest BCUT2D eigenvalue weighted by Gasteiger charge is 2.21. The van der Waals surface area contributed by atoms with E-state index in [1.54, 1.807) is 6.92 Å². The predicted molar refractivity (Wildman–Crippen MR) is 71.7 cm³/mol. The third kappa shape index (κ3) is 3.54. The third-order valence-electron chi connectivity index (χ3n) is 3.58. The second-order valence-corrected chi connectivity index (χ2v) is 5.18. The van der Waals surface area contributed by atoms with Gasteiger partial charge in [0.05, 0.1) is 6.04 Å². The number of carbonyl (C=O) groups excluding carboxylic acids is 1. The summed E-state index contributed by atoms with van der Waals surface area (Å²) in [5.41, 5.74) is 5.93. The summed E-state index contributed by atoms with van der Waals surface area (Å²) in [5, 5.41) is 2.87. The first-order chi connectivity index (χ1) is 9.08. The van der Waals surface area contributed by atoms with Gasteiger partial charge in [0, 0.05) is 12.6 Å². The largest absolute Gasteiger partial charge is 0.446 e. The maximum Gasteiger partial charge on any atom is 0.273 e. The minimum absolute atomic E-state index is 0.198. The Hall–Kier alpha value is -1.40. The van der Waals surface area contributed by atoms with Crippen LogP contribution < -0.4 is 11.1 Å². The van der Waals surface area contributed by atoms with Gasteiger partial charge < -0.3 is 20.4 Å². The summed E-state index contributed by atoms with van der Waals surface area (Å²) in [6, 6.07) is 0.283. The SMILES string of the molecule is CC(N)c1nc(C(=O)NCCC2CCCN2C)co1. The Balaban J connectivity index is 1.77. The van der Waals surface area contributed by atoms with Gasteiger partial charge >= 0.3 is 0 Å². The van der Waals surface area contributed by atoms with Crippen LogP contribution in [0.4, 0.5) is 0 Å². The van der Waals surface area contributed by atoms with Crippen LogP contribution in [0, 0.1) is 0 Å². The van der Waals surface area contributed by atoms with E-state index in [-0.39, 0.29) is 11.9 Å². The normalized spacial score (nSPS) is 21.5. The summed E-state index contributed by atoms with van der Waals surface area (Å²) < 4.78 is 5.14. The molecule has 0 saturated carbocycles. The lowest BCUT2D eigenvalue weighted by atomic mass is 10.1. The van der Waals surface area contributed by atoms with E-state index in [2.05, 4.69) is 22.2 Å². The van der Waals surface area contributed by atoms with Crippen LogP contribution in [-0.2, 0) is 0 Å². The van der Waals surface area contributed by atoms with Crippen LogP contribution in [0.15, 0.2) is 10.7 Å². The molecule has 1 amide bonds. The summed E-state index contributed by atoms with van der Waals surface area (Å²) in [6.07, 6.45) is 4.79. The molecule has 1 aliphatic rings. The summed E-state index contributed by atoms with van der Waals surface area (Å²) in [5.74, 6) is 0.192. The van der Waals surface area contributed by atoms with Crippen LogP contribution in [-0.4, -0.2) is 42.0 Å². The summed E-state index contributed by atoms with van der Waals surface area (Å²) in [7, 11) is 2.13. The van der Waals surface area contributed by atoms with Crippen LogP contribution >= 0.6 is 0 Å². The number of carbonyl (C=O) groups is 1. The van der Waals surface area contributed by atoms with Gasteiger partial charge in [0.2, 0.25) is 5.89 Å². The topological polar surface area (TPSA) is 84.4 Å². The van der Waals surface area contributed by atoms with E-state index in [1.165, 1.54) is 19.1 Å². The molecule has 0 aliphatic carbocycles. The van der Waals surface area contributed by atoms with Crippen molar-refractivity contribution in [2.75, 3.05) is 20.1 Å². The third-order valence-corrected chi connectivity index (χ3v) is 3.58. The molecule has 3 N–H and O–H groups in total. The van der Waals surface area contributed by atoms with Crippen molar-refractivity contribution in [3.05, 3.63) is 17.8 Å². The Morgan fingerprint density at radius 3 is 3.11 bits per heavy atom. The number of nitrogens with one attached hydrogen (secondary N) is 1. The zero-order valence-electron chi connectivity index (χ0n) is 11.6. The quantitative estimate of drug-likeness (QED) is 0.827. The predicted octanol–water partition coefficient (Wildman–Crippen LogP) is 0.908. The fourth-order valence-electron chi connectivity index (χ4n) is 2.39. The van der Waals surface area contributed by atoms with E-state index in [0.717, 1.165) is 13.0 Å².